The zero-order valence-corrected chi connectivity index (χ0v) is 8.32. The second-order valence-electron chi connectivity index (χ2n) is 2.28. The van der Waals surface area contributed by atoms with E-state index in [2.05, 4.69) is 4.98 Å². The Kier molecular flexibility index (Phi) is 3.85. The van der Waals surface area contributed by atoms with Crippen LogP contribution >= 0.6 is 23.4 Å². The molecule has 0 amide bonds. The van der Waals surface area contributed by atoms with Crippen molar-refractivity contribution in [2.45, 2.75) is 11.8 Å². The molecule has 1 N–H and O–H groups in total. The number of aliphatic hydroxyl groups is 1. The first kappa shape index (κ1) is 9.84. The number of thioether (sulfide) groups is 1. The van der Waals surface area contributed by atoms with Gasteiger partial charge in [-0.2, -0.15) is 0 Å². The number of hydrogen-bond acceptors (Lipinski definition) is 3. The lowest BCUT2D eigenvalue weighted by Gasteiger charge is -2.03. The minimum Gasteiger partial charge on any atom is -0.396 e. The average Bonchev–Trinajstić information content (AvgIpc) is 2.08. The van der Waals surface area contributed by atoms with E-state index in [0.29, 0.717) is 10.8 Å². The van der Waals surface area contributed by atoms with Crippen molar-refractivity contribution in [3.8, 4) is 0 Å². The van der Waals surface area contributed by atoms with Crippen molar-refractivity contribution in [2.75, 3.05) is 12.4 Å². The third kappa shape index (κ3) is 2.37. The van der Waals surface area contributed by atoms with Crippen LogP contribution < -0.4 is 0 Å². The van der Waals surface area contributed by atoms with Gasteiger partial charge in [0.25, 0.3) is 0 Å². The Balaban J connectivity index is 2.78. The Hall–Kier alpha value is -0.250. The molecule has 0 radical (unpaired) electrons. The zero-order chi connectivity index (χ0) is 8.97. The largest absolute Gasteiger partial charge is 0.396 e. The summed E-state index contributed by atoms with van der Waals surface area (Å²) in [6.07, 6.45) is 1.72. The van der Waals surface area contributed by atoms with Crippen LogP contribution in [0.4, 0.5) is 0 Å². The highest BCUT2D eigenvalue weighted by molar-refractivity contribution is 7.99. The molecule has 0 aliphatic rings. The van der Waals surface area contributed by atoms with E-state index in [-0.39, 0.29) is 6.61 Å². The number of hydrogen-bond donors (Lipinski definition) is 1. The van der Waals surface area contributed by atoms with Gasteiger partial charge in [0.15, 0.2) is 0 Å². The van der Waals surface area contributed by atoms with Crippen molar-refractivity contribution in [2.24, 2.45) is 0 Å². The first-order valence-electron chi connectivity index (χ1n) is 3.60. The predicted molar refractivity (Wildman–Crippen MR) is 51.8 cm³/mol. The molecule has 1 heterocycles. The van der Waals surface area contributed by atoms with Gasteiger partial charge in [0, 0.05) is 16.8 Å². The number of pyridine rings is 1. The average molecular weight is 204 g/mol. The highest BCUT2D eigenvalue weighted by atomic mass is 35.5. The van der Waals surface area contributed by atoms with E-state index in [1.54, 1.807) is 6.20 Å². The van der Waals surface area contributed by atoms with E-state index in [1.807, 2.05) is 13.0 Å². The molecule has 1 aromatic rings. The van der Waals surface area contributed by atoms with Crippen LogP contribution in [0.2, 0.25) is 5.02 Å². The molecular weight excluding hydrogens is 194 g/mol. The molecule has 0 aromatic carbocycles. The van der Waals surface area contributed by atoms with Gasteiger partial charge in [-0.1, -0.05) is 11.6 Å². The Morgan fingerprint density at radius 2 is 2.42 bits per heavy atom. The summed E-state index contributed by atoms with van der Waals surface area (Å²) in [5.74, 6) is 0.670. The Morgan fingerprint density at radius 1 is 1.67 bits per heavy atom. The third-order valence-corrected chi connectivity index (χ3v) is 3.00. The normalized spacial score (nSPS) is 10.2. The minimum absolute atomic E-state index is 0.169. The van der Waals surface area contributed by atoms with Gasteiger partial charge in [0.1, 0.15) is 0 Å². The maximum Gasteiger partial charge on any atom is 0.0754 e. The molecule has 0 fully saturated rings. The molecule has 0 atom stereocenters. The summed E-state index contributed by atoms with van der Waals surface area (Å²) >= 11 is 7.50. The summed E-state index contributed by atoms with van der Waals surface area (Å²) in [5, 5.41) is 9.30. The summed E-state index contributed by atoms with van der Waals surface area (Å²) in [4.78, 5) is 5.02. The van der Waals surface area contributed by atoms with Crippen LogP contribution in [0.1, 0.15) is 5.69 Å². The Morgan fingerprint density at radius 3 is 3.08 bits per heavy atom. The summed E-state index contributed by atoms with van der Waals surface area (Å²) in [6.45, 7) is 2.04. The number of aromatic nitrogens is 1. The molecule has 1 aromatic heterocycles. The van der Waals surface area contributed by atoms with Crippen molar-refractivity contribution in [3.05, 3.63) is 23.0 Å². The minimum atomic E-state index is 0.169. The van der Waals surface area contributed by atoms with E-state index in [9.17, 15) is 0 Å². The fraction of sp³-hybridized carbons (Fsp3) is 0.375. The topological polar surface area (TPSA) is 33.1 Å². The van der Waals surface area contributed by atoms with Crippen LogP contribution in [-0.4, -0.2) is 22.5 Å². The summed E-state index contributed by atoms with van der Waals surface area (Å²) in [6, 6.07) is 1.86. The fourth-order valence-corrected chi connectivity index (χ4v) is 1.81. The lowest BCUT2D eigenvalue weighted by molar-refractivity contribution is 0.322. The first-order valence-corrected chi connectivity index (χ1v) is 4.97. The van der Waals surface area contributed by atoms with Crippen LogP contribution in [0.3, 0.4) is 0 Å². The molecule has 0 saturated carbocycles. The van der Waals surface area contributed by atoms with E-state index in [0.717, 1.165) is 10.6 Å². The predicted octanol–water partition coefficient (Wildman–Crippen LogP) is 2.13. The molecule has 0 bridgehead atoms. The highest BCUT2D eigenvalue weighted by Crippen LogP contribution is 2.27. The molecule has 66 valence electrons. The van der Waals surface area contributed by atoms with Gasteiger partial charge in [-0.3, -0.25) is 4.98 Å². The lowest BCUT2D eigenvalue weighted by atomic mass is 10.4. The second-order valence-corrected chi connectivity index (χ2v) is 3.80. The van der Waals surface area contributed by atoms with Gasteiger partial charge in [-0.15, -0.1) is 11.8 Å². The van der Waals surface area contributed by atoms with E-state index in [1.165, 1.54) is 11.8 Å². The number of rotatable bonds is 3. The van der Waals surface area contributed by atoms with Crippen LogP contribution in [0, 0.1) is 6.92 Å². The first-order chi connectivity index (χ1) is 5.75. The monoisotopic (exact) mass is 203 g/mol. The van der Waals surface area contributed by atoms with E-state index in [4.69, 9.17) is 16.7 Å². The molecule has 0 spiro atoms. The van der Waals surface area contributed by atoms with Crippen LogP contribution in [0.25, 0.3) is 0 Å². The highest BCUT2D eigenvalue weighted by Gasteiger charge is 2.02. The summed E-state index contributed by atoms with van der Waals surface area (Å²) in [5.41, 5.74) is 0.833. The smallest absolute Gasteiger partial charge is 0.0754 e. The van der Waals surface area contributed by atoms with Gasteiger partial charge in [0.05, 0.1) is 17.3 Å². The molecule has 4 heteroatoms. The molecule has 0 unspecified atom stereocenters. The Bertz CT molecular complexity index is 267. The maximum absolute atomic E-state index is 8.61. The van der Waals surface area contributed by atoms with Crippen molar-refractivity contribution in [1.29, 1.82) is 0 Å². The Labute approximate surface area is 81.0 Å². The summed E-state index contributed by atoms with van der Waals surface area (Å²) in [7, 11) is 0. The zero-order valence-electron chi connectivity index (χ0n) is 6.75. The molecule has 0 aliphatic carbocycles. The van der Waals surface area contributed by atoms with Gasteiger partial charge in [0.2, 0.25) is 0 Å². The van der Waals surface area contributed by atoms with Crippen molar-refractivity contribution in [1.82, 2.24) is 4.98 Å². The third-order valence-electron chi connectivity index (χ3n) is 1.38. The SMILES string of the molecule is Cc1nccc(SCCO)c1Cl. The van der Waals surface area contributed by atoms with Crippen molar-refractivity contribution < 1.29 is 5.11 Å². The maximum atomic E-state index is 8.61. The van der Waals surface area contributed by atoms with Gasteiger partial charge >= 0.3 is 0 Å². The van der Waals surface area contributed by atoms with Crippen LogP contribution in [-0.2, 0) is 0 Å². The number of aliphatic hydroxyl groups excluding tert-OH is 1. The molecular formula is C8H10ClNOS. The number of nitrogens with zero attached hydrogens (tertiary/aromatic N) is 1. The second kappa shape index (κ2) is 4.70. The van der Waals surface area contributed by atoms with Crippen molar-refractivity contribution >= 4 is 23.4 Å². The molecule has 0 saturated heterocycles. The molecule has 2 nitrogen and oxygen atoms in total. The van der Waals surface area contributed by atoms with Gasteiger partial charge < -0.3 is 5.11 Å². The molecule has 1 rings (SSSR count). The molecule has 0 aliphatic heterocycles. The standard InChI is InChI=1S/C8H10ClNOS/c1-6-8(9)7(2-3-10-6)12-5-4-11/h2-3,11H,4-5H2,1H3. The lowest BCUT2D eigenvalue weighted by Crippen LogP contribution is -1.88. The van der Waals surface area contributed by atoms with Crippen LogP contribution in [0.5, 0.6) is 0 Å². The number of halogens is 1. The van der Waals surface area contributed by atoms with E-state index >= 15 is 0 Å². The van der Waals surface area contributed by atoms with Crippen LogP contribution in [0.15, 0.2) is 17.2 Å². The quantitative estimate of drug-likeness (QED) is 0.765. The van der Waals surface area contributed by atoms with Gasteiger partial charge in [-0.05, 0) is 13.0 Å². The van der Waals surface area contributed by atoms with Crippen molar-refractivity contribution in [3.63, 3.8) is 0 Å². The summed E-state index contributed by atoms with van der Waals surface area (Å²) < 4.78 is 0. The fourth-order valence-electron chi connectivity index (χ4n) is 0.792. The van der Waals surface area contributed by atoms with E-state index < -0.39 is 0 Å². The molecule has 12 heavy (non-hydrogen) atoms. The number of aryl methyl sites for hydroxylation is 1. The van der Waals surface area contributed by atoms with Gasteiger partial charge in [-0.25, -0.2) is 0 Å².